The summed E-state index contributed by atoms with van der Waals surface area (Å²) in [5, 5.41) is 3.24. The van der Waals surface area contributed by atoms with Gasteiger partial charge in [-0.15, -0.1) is 0 Å². The summed E-state index contributed by atoms with van der Waals surface area (Å²) in [5.74, 6) is 0. The zero-order chi connectivity index (χ0) is 15.0. The molecule has 1 aromatic heterocycles. The van der Waals surface area contributed by atoms with Gasteiger partial charge in [0.1, 0.15) is 0 Å². The Kier molecular flexibility index (Phi) is 7.51. The number of pyridine rings is 1. The topological polar surface area (TPSA) is 52.5 Å². The van der Waals surface area contributed by atoms with E-state index in [-0.39, 0.29) is 5.56 Å². The van der Waals surface area contributed by atoms with Gasteiger partial charge in [0.2, 0.25) is 0 Å². The van der Waals surface area contributed by atoms with Gasteiger partial charge in [0.25, 0.3) is 5.56 Å². The molecule has 20 heavy (non-hydrogen) atoms. The molecule has 0 aliphatic heterocycles. The molecule has 5 nitrogen and oxygen atoms in total. The molecule has 0 spiro atoms. The highest BCUT2D eigenvalue weighted by Gasteiger charge is 2.09. The van der Waals surface area contributed by atoms with E-state index in [0.29, 0.717) is 26.3 Å². The molecule has 114 valence electrons. The highest BCUT2D eigenvalue weighted by molar-refractivity contribution is 5.26. The molecule has 0 saturated carbocycles. The summed E-state index contributed by atoms with van der Waals surface area (Å²) < 4.78 is 11.9. The summed E-state index contributed by atoms with van der Waals surface area (Å²) in [6, 6.07) is 2.07. The van der Waals surface area contributed by atoms with Crippen molar-refractivity contribution in [2.75, 3.05) is 34.0 Å². The van der Waals surface area contributed by atoms with E-state index in [4.69, 9.17) is 9.47 Å². The van der Waals surface area contributed by atoms with Gasteiger partial charge in [0, 0.05) is 51.7 Å². The van der Waals surface area contributed by atoms with Crippen LogP contribution in [-0.2, 0) is 22.6 Å². The lowest BCUT2D eigenvalue weighted by atomic mass is 10.1. The number of nitrogens with zero attached hydrogens (tertiary/aromatic N) is 1. The Hall–Kier alpha value is -1.17. The maximum Gasteiger partial charge on any atom is 0.255 e. The Labute approximate surface area is 120 Å². The number of rotatable bonds is 9. The van der Waals surface area contributed by atoms with Gasteiger partial charge in [-0.25, -0.2) is 0 Å². The minimum absolute atomic E-state index is 0.100. The first-order valence-corrected chi connectivity index (χ1v) is 7.00. The van der Waals surface area contributed by atoms with Gasteiger partial charge >= 0.3 is 0 Å². The predicted molar refractivity (Wildman–Crippen MR) is 80.3 cm³/mol. The van der Waals surface area contributed by atoms with Crippen molar-refractivity contribution in [1.29, 1.82) is 0 Å². The van der Waals surface area contributed by atoms with E-state index in [0.717, 1.165) is 29.8 Å². The van der Waals surface area contributed by atoms with Crippen LogP contribution in [0.2, 0.25) is 0 Å². The molecule has 0 fully saturated rings. The summed E-state index contributed by atoms with van der Waals surface area (Å²) in [6.45, 7) is 7.30. The van der Waals surface area contributed by atoms with Gasteiger partial charge in [-0.1, -0.05) is 0 Å². The third kappa shape index (κ3) is 4.74. The van der Waals surface area contributed by atoms with Crippen molar-refractivity contribution in [2.24, 2.45) is 0 Å². The third-order valence-corrected chi connectivity index (χ3v) is 3.35. The third-order valence-electron chi connectivity index (χ3n) is 3.35. The van der Waals surface area contributed by atoms with E-state index in [9.17, 15) is 4.79 Å². The van der Waals surface area contributed by atoms with Crippen molar-refractivity contribution in [1.82, 2.24) is 9.88 Å². The molecule has 0 atom stereocenters. The minimum atomic E-state index is 0.100. The van der Waals surface area contributed by atoms with Gasteiger partial charge in [-0.05, 0) is 31.9 Å². The number of hydrogen-bond donors (Lipinski definition) is 1. The second-order valence-electron chi connectivity index (χ2n) is 4.92. The maximum absolute atomic E-state index is 12.5. The Morgan fingerprint density at radius 3 is 2.55 bits per heavy atom. The SMILES string of the molecule is COCCCn1c(C)cc(C)c(CNCCOC)c1=O. The molecule has 0 amide bonds. The molecule has 0 bridgehead atoms. The molecule has 0 aliphatic rings. The van der Waals surface area contributed by atoms with Crippen LogP contribution in [-0.4, -0.2) is 38.5 Å². The first-order chi connectivity index (χ1) is 9.61. The molecule has 0 aromatic carbocycles. The second-order valence-corrected chi connectivity index (χ2v) is 4.92. The van der Waals surface area contributed by atoms with Crippen LogP contribution in [0.3, 0.4) is 0 Å². The summed E-state index contributed by atoms with van der Waals surface area (Å²) >= 11 is 0. The average Bonchev–Trinajstić information content (AvgIpc) is 2.41. The van der Waals surface area contributed by atoms with Crippen LogP contribution in [0.5, 0.6) is 0 Å². The summed E-state index contributed by atoms with van der Waals surface area (Å²) in [6.07, 6.45) is 0.844. The number of methoxy groups -OCH3 is 2. The molecule has 0 saturated heterocycles. The maximum atomic E-state index is 12.5. The molecular weight excluding hydrogens is 256 g/mol. The smallest absolute Gasteiger partial charge is 0.255 e. The number of hydrogen-bond acceptors (Lipinski definition) is 4. The van der Waals surface area contributed by atoms with Crippen molar-refractivity contribution in [3.05, 3.63) is 33.2 Å². The molecule has 1 rings (SSSR count). The van der Waals surface area contributed by atoms with E-state index in [1.807, 2.05) is 18.4 Å². The average molecular weight is 282 g/mol. The molecule has 1 heterocycles. The Bertz CT molecular complexity index is 469. The van der Waals surface area contributed by atoms with Gasteiger partial charge in [-0.3, -0.25) is 4.79 Å². The van der Waals surface area contributed by atoms with Crippen LogP contribution in [0.1, 0.15) is 23.2 Å². The van der Waals surface area contributed by atoms with Crippen LogP contribution in [0, 0.1) is 13.8 Å². The van der Waals surface area contributed by atoms with Gasteiger partial charge in [0.15, 0.2) is 0 Å². The molecule has 5 heteroatoms. The van der Waals surface area contributed by atoms with Crippen LogP contribution in [0.4, 0.5) is 0 Å². The largest absolute Gasteiger partial charge is 0.385 e. The highest BCUT2D eigenvalue weighted by atomic mass is 16.5. The van der Waals surface area contributed by atoms with E-state index in [1.54, 1.807) is 14.2 Å². The lowest BCUT2D eigenvalue weighted by Gasteiger charge is -2.15. The standard InChI is InChI=1S/C15H26N2O3/c1-12-10-13(2)17(7-5-8-19-3)15(18)14(12)11-16-6-9-20-4/h10,16H,5-9,11H2,1-4H3. The first-order valence-electron chi connectivity index (χ1n) is 7.00. The van der Waals surface area contributed by atoms with Gasteiger partial charge < -0.3 is 19.4 Å². The van der Waals surface area contributed by atoms with Gasteiger partial charge in [0.05, 0.1) is 6.61 Å². The zero-order valence-corrected chi connectivity index (χ0v) is 13.0. The molecule has 1 N–H and O–H groups in total. The monoisotopic (exact) mass is 282 g/mol. The molecule has 0 unspecified atom stereocenters. The lowest BCUT2D eigenvalue weighted by molar-refractivity contribution is 0.189. The van der Waals surface area contributed by atoms with Crippen molar-refractivity contribution < 1.29 is 9.47 Å². The van der Waals surface area contributed by atoms with Crippen molar-refractivity contribution in [2.45, 2.75) is 33.4 Å². The van der Waals surface area contributed by atoms with Crippen molar-refractivity contribution in [3.63, 3.8) is 0 Å². The quantitative estimate of drug-likeness (QED) is 0.692. The lowest BCUT2D eigenvalue weighted by Crippen LogP contribution is -2.31. The molecule has 0 aliphatic carbocycles. The molecule has 0 radical (unpaired) electrons. The fourth-order valence-electron chi connectivity index (χ4n) is 2.22. The van der Waals surface area contributed by atoms with Crippen molar-refractivity contribution in [3.8, 4) is 0 Å². The van der Waals surface area contributed by atoms with Gasteiger partial charge in [-0.2, -0.15) is 0 Å². The van der Waals surface area contributed by atoms with E-state index in [1.165, 1.54) is 0 Å². The van der Waals surface area contributed by atoms with E-state index < -0.39 is 0 Å². The number of aromatic nitrogens is 1. The fraction of sp³-hybridized carbons (Fsp3) is 0.667. The fourth-order valence-corrected chi connectivity index (χ4v) is 2.22. The van der Waals surface area contributed by atoms with E-state index >= 15 is 0 Å². The molecular formula is C15H26N2O3. The summed E-state index contributed by atoms with van der Waals surface area (Å²) in [7, 11) is 3.34. The Balaban J connectivity index is 2.83. The number of ether oxygens (including phenoxy) is 2. The molecule has 1 aromatic rings. The number of aryl methyl sites for hydroxylation is 2. The summed E-state index contributed by atoms with van der Waals surface area (Å²) in [5.41, 5.74) is 2.98. The Morgan fingerprint density at radius 1 is 1.20 bits per heavy atom. The van der Waals surface area contributed by atoms with Crippen LogP contribution < -0.4 is 10.9 Å². The minimum Gasteiger partial charge on any atom is -0.385 e. The zero-order valence-electron chi connectivity index (χ0n) is 13.0. The summed E-state index contributed by atoms with van der Waals surface area (Å²) in [4.78, 5) is 12.5. The Morgan fingerprint density at radius 2 is 1.90 bits per heavy atom. The van der Waals surface area contributed by atoms with Crippen LogP contribution in [0.15, 0.2) is 10.9 Å². The van der Waals surface area contributed by atoms with E-state index in [2.05, 4.69) is 11.4 Å². The predicted octanol–water partition coefficient (Wildman–Crippen LogP) is 1.24. The van der Waals surface area contributed by atoms with Crippen molar-refractivity contribution >= 4 is 0 Å². The second kappa shape index (κ2) is 8.89. The normalized spacial score (nSPS) is 11.0. The number of nitrogens with one attached hydrogen (secondary N) is 1. The first kappa shape index (κ1) is 16.9. The van der Waals surface area contributed by atoms with Crippen LogP contribution in [0.25, 0.3) is 0 Å². The van der Waals surface area contributed by atoms with Crippen LogP contribution >= 0.6 is 0 Å². The highest BCUT2D eigenvalue weighted by Crippen LogP contribution is 2.07.